The number of nitrogens with zero attached hydrogens (tertiary/aromatic N) is 1. The minimum atomic E-state index is 0. The van der Waals surface area contributed by atoms with Crippen LogP contribution in [0.5, 0.6) is 0 Å². The molecule has 3 unspecified atom stereocenters. The molecule has 104 valence electrons. The number of rotatable bonds is 2. The molecule has 0 amide bonds. The average Bonchev–Trinajstić information content (AvgIpc) is 2.25. The van der Waals surface area contributed by atoms with Crippen LogP contribution in [0.3, 0.4) is 0 Å². The Morgan fingerprint density at radius 2 is 1.94 bits per heavy atom. The summed E-state index contributed by atoms with van der Waals surface area (Å²) in [6.07, 6.45) is 2.78. The first-order valence-electron chi connectivity index (χ1n) is 6.44. The lowest BCUT2D eigenvalue weighted by molar-refractivity contribution is 0.116. The third kappa shape index (κ3) is 5.31. The van der Waals surface area contributed by atoms with E-state index in [2.05, 4.69) is 29.4 Å². The van der Waals surface area contributed by atoms with E-state index < -0.39 is 0 Å². The molecule has 2 heterocycles. The van der Waals surface area contributed by atoms with E-state index in [9.17, 15) is 0 Å². The first-order valence-corrected chi connectivity index (χ1v) is 6.44. The van der Waals surface area contributed by atoms with E-state index >= 15 is 0 Å². The van der Waals surface area contributed by atoms with E-state index in [1.165, 1.54) is 39.0 Å². The third-order valence-electron chi connectivity index (χ3n) is 3.79. The zero-order valence-corrected chi connectivity index (χ0v) is 12.6. The van der Waals surface area contributed by atoms with Gasteiger partial charge in [-0.25, -0.2) is 0 Å². The van der Waals surface area contributed by atoms with Crippen LogP contribution >= 0.6 is 24.8 Å². The average molecular weight is 284 g/mol. The molecule has 5 heteroatoms. The molecule has 2 aliphatic rings. The van der Waals surface area contributed by atoms with Gasteiger partial charge < -0.3 is 10.6 Å². The third-order valence-corrected chi connectivity index (χ3v) is 3.79. The second-order valence-corrected chi connectivity index (χ2v) is 5.32. The van der Waals surface area contributed by atoms with E-state index in [1.54, 1.807) is 0 Å². The molecule has 0 bridgehead atoms. The van der Waals surface area contributed by atoms with Gasteiger partial charge in [0, 0.05) is 31.7 Å². The number of piperidine rings is 1. The van der Waals surface area contributed by atoms with Crippen molar-refractivity contribution in [1.82, 2.24) is 15.5 Å². The SMILES string of the molecule is CC1CN(CC2CCCNC2)C(C)CN1.Cl.Cl. The molecule has 0 aromatic heterocycles. The molecule has 2 fully saturated rings. The smallest absolute Gasteiger partial charge is 0.0193 e. The highest BCUT2D eigenvalue weighted by molar-refractivity contribution is 5.85. The van der Waals surface area contributed by atoms with Crippen molar-refractivity contribution < 1.29 is 0 Å². The van der Waals surface area contributed by atoms with Crippen molar-refractivity contribution in [3.63, 3.8) is 0 Å². The Hall–Kier alpha value is 0.460. The monoisotopic (exact) mass is 283 g/mol. The lowest BCUT2D eigenvalue weighted by Crippen LogP contribution is -2.56. The largest absolute Gasteiger partial charge is 0.316 e. The normalized spacial score (nSPS) is 34.6. The maximum atomic E-state index is 3.54. The van der Waals surface area contributed by atoms with Gasteiger partial charge in [-0.2, -0.15) is 0 Å². The van der Waals surface area contributed by atoms with Gasteiger partial charge in [0.25, 0.3) is 0 Å². The standard InChI is InChI=1S/C12H25N3.2ClH/c1-10-8-15(11(2)6-14-10)9-12-4-3-5-13-7-12;;/h10-14H,3-9H2,1-2H3;2*1H. The van der Waals surface area contributed by atoms with Gasteiger partial charge in [-0.1, -0.05) is 0 Å². The highest BCUT2D eigenvalue weighted by Crippen LogP contribution is 2.15. The maximum absolute atomic E-state index is 3.54. The Labute approximate surface area is 118 Å². The molecule has 0 aromatic rings. The van der Waals surface area contributed by atoms with Crippen molar-refractivity contribution in [1.29, 1.82) is 0 Å². The summed E-state index contributed by atoms with van der Waals surface area (Å²) in [5, 5.41) is 7.05. The zero-order valence-electron chi connectivity index (χ0n) is 10.9. The fourth-order valence-corrected chi connectivity index (χ4v) is 2.76. The van der Waals surface area contributed by atoms with Crippen molar-refractivity contribution in [3.05, 3.63) is 0 Å². The second kappa shape index (κ2) is 8.54. The number of piperazine rings is 1. The van der Waals surface area contributed by atoms with E-state index in [1.807, 2.05) is 0 Å². The summed E-state index contributed by atoms with van der Waals surface area (Å²) in [5.74, 6) is 0.881. The van der Waals surface area contributed by atoms with Gasteiger partial charge >= 0.3 is 0 Å². The van der Waals surface area contributed by atoms with Crippen LogP contribution in [-0.2, 0) is 0 Å². The summed E-state index contributed by atoms with van der Waals surface area (Å²) in [6, 6.07) is 1.38. The first kappa shape index (κ1) is 17.5. The lowest BCUT2D eigenvalue weighted by Gasteiger charge is -2.40. The molecule has 2 aliphatic heterocycles. The minimum absolute atomic E-state index is 0. The Balaban J connectivity index is 0.00000128. The summed E-state index contributed by atoms with van der Waals surface area (Å²) >= 11 is 0. The van der Waals surface area contributed by atoms with Crippen LogP contribution in [0.1, 0.15) is 26.7 Å². The molecule has 0 aliphatic carbocycles. The lowest BCUT2D eigenvalue weighted by atomic mass is 9.97. The first-order chi connectivity index (χ1) is 7.25. The summed E-state index contributed by atoms with van der Waals surface area (Å²) in [5.41, 5.74) is 0. The molecule has 2 rings (SSSR count). The predicted octanol–water partition coefficient (Wildman–Crippen LogP) is 1.51. The summed E-state index contributed by atoms with van der Waals surface area (Å²) in [6.45, 7) is 10.8. The Kier molecular flexibility index (Phi) is 8.77. The number of hydrogen-bond acceptors (Lipinski definition) is 3. The number of hydrogen-bond donors (Lipinski definition) is 2. The Bertz CT molecular complexity index is 198. The van der Waals surface area contributed by atoms with Gasteiger partial charge in [-0.3, -0.25) is 4.90 Å². The van der Waals surface area contributed by atoms with Crippen LogP contribution in [0.25, 0.3) is 0 Å². The van der Waals surface area contributed by atoms with Gasteiger partial charge in [-0.15, -0.1) is 24.8 Å². The van der Waals surface area contributed by atoms with Crippen molar-refractivity contribution in [2.24, 2.45) is 5.92 Å². The van der Waals surface area contributed by atoms with E-state index in [-0.39, 0.29) is 24.8 Å². The topological polar surface area (TPSA) is 27.3 Å². The van der Waals surface area contributed by atoms with Gasteiger partial charge in [-0.05, 0) is 45.7 Å². The summed E-state index contributed by atoms with van der Waals surface area (Å²) in [4.78, 5) is 2.67. The quantitative estimate of drug-likeness (QED) is 0.805. The van der Waals surface area contributed by atoms with Gasteiger partial charge in [0.15, 0.2) is 0 Å². The van der Waals surface area contributed by atoms with Crippen LogP contribution in [-0.4, -0.2) is 49.7 Å². The van der Waals surface area contributed by atoms with E-state index in [0.717, 1.165) is 12.5 Å². The van der Waals surface area contributed by atoms with Crippen LogP contribution in [0.4, 0.5) is 0 Å². The summed E-state index contributed by atoms with van der Waals surface area (Å²) in [7, 11) is 0. The molecule has 17 heavy (non-hydrogen) atoms. The molecular formula is C12H27Cl2N3. The fraction of sp³-hybridized carbons (Fsp3) is 1.00. The molecule has 2 N–H and O–H groups in total. The van der Waals surface area contributed by atoms with Crippen LogP contribution in [0.15, 0.2) is 0 Å². The molecule has 0 radical (unpaired) electrons. The van der Waals surface area contributed by atoms with Crippen molar-refractivity contribution in [2.45, 2.75) is 38.8 Å². The molecule has 0 saturated carbocycles. The van der Waals surface area contributed by atoms with Crippen LogP contribution < -0.4 is 10.6 Å². The van der Waals surface area contributed by atoms with E-state index in [4.69, 9.17) is 0 Å². The zero-order chi connectivity index (χ0) is 10.7. The highest BCUT2D eigenvalue weighted by atomic mass is 35.5. The van der Waals surface area contributed by atoms with E-state index in [0.29, 0.717) is 12.1 Å². The molecule has 2 saturated heterocycles. The Morgan fingerprint density at radius 1 is 1.18 bits per heavy atom. The van der Waals surface area contributed by atoms with Gasteiger partial charge in [0.05, 0.1) is 0 Å². The van der Waals surface area contributed by atoms with Crippen molar-refractivity contribution in [3.8, 4) is 0 Å². The van der Waals surface area contributed by atoms with Crippen LogP contribution in [0.2, 0.25) is 0 Å². The number of halogens is 2. The molecule has 0 spiro atoms. The predicted molar refractivity (Wildman–Crippen MR) is 78.6 cm³/mol. The molecule has 3 atom stereocenters. The molecule has 3 nitrogen and oxygen atoms in total. The molecular weight excluding hydrogens is 257 g/mol. The summed E-state index contributed by atoms with van der Waals surface area (Å²) < 4.78 is 0. The Morgan fingerprint density at radius 3 is 2.59 bits per heavy atom. The highest BCUT2D eigenvalue weighted by Gasteiger charge is 2.25. The number of nitrogens with one attached hydrogen (secondary N) is 2. The van der Waals surface area contributed by atoms with Crippen LogP contribution in [0, 0.1) is 5.92 Å². The van der Waals surface area contributed by atoms with Gasteiger partial charge in [0.2, 0.25) is 0 Å². The minimum Gasteiger partial charge on any atom is -0.316 e. The fourth-order valence-electron chi connectivity index (χ4n) is 2.76. The molecule has 0 aromatic carbocycles. The van der Waals surface area contributed by atoms with Crippen molar-refractivity contribution in [2.75, 3.05) is 32.7 Å². The van der Waals surface area contributed by atoms with Gasteiger partial charge in [0.1, 0.15) is 0 Å². The maximum Gasteiger partial charge on any atom is 0.0193 e. The van der Waals surface area contributed by atoms with Crippen molar-refractivity contribution >= 4 is 24.8 Å². The second-order valence-electron chi connectivity index (χ2n) is 5.32.